The molecule has 2 heterocycles. The molecule has 0 radical (unpaired) electrons. The van der Waals surface area contributed by atoms with Crippen molar-refractivity contribution < 1.29 is 24.0 Å². The quantitative estimate of drug-likeness (QED) is 0.298. The number of ether oxygens (including phenoxy) is 1. The van der Waals surface area contributed by atoms with Crippen molar-refractivity contribution in [2.75, 3.05) is 6.61 Å². The minimum atomic E-state index is -0.471. The summed E-state index contributed by atoms with van der Waals surface area (Å²) in [4.78, 5) is 43.2. The Kier molecular flexibility index (Phi) is 6.06. The first-order valence-electron chi connectivity index (χ1n) is 12.0. The molecule has 1 aliphatic rings. The molecular formula is C29H26N2O5. The second-order valence-corrected chi connectivity index (χ2v) is 8.64. The number of carbonyl (C=O) groups excluding carboxylic acids is 3. The summed E-state index contributed by atoms with van der Waals surface area (Å²) < 4.78 is 8.23. The summed E-state index contributed by atoms with van der Waals surface area (Å²) in [5.41, 5.74) is 6.98. The normalized spacial score (nSPS) is 13.1. The van der Waals surface area contributed by atoms with Gasteiger partial charge in [-0.05, 0) is 55.8 Å². The van der Waals surface area contributed by atoms with Gasteiger partial charge in [-0.1, -0.05) is 31.2 Å². The number of fused-ring (bicyclic) bond motifs is 5. The molecule has 3 aromatic carbocycles. The molecule has 0 spiro atoms. The zero-order valence-corrected chi connectivity index (χ0v) is 20.4. The van der Waals surface area contributed by atoms with E-state index in [4.69, 9.17) is 9.57 Å². The number of rotatable bonds is 6. The molecule has 182 valence electrons. The Morgan fingerprint density at radius 2 is 1.83 bits per heavy atom. The number of ketones is 2. The van der Waals surface area contributed by atoms with E-state index in [2.05, 4.69) is 17.0 Å². The van der Waals surface area contributed by atoms with E-state index in [0.717, 1.165) is 27.4 Å². The Hall–Kier alpha value is -4.39. The SMILES string of the molecule is CCC(=O)ONC1=CCOc2c(ccc3c2c2cc(C(=O)c4ccccc4C)ccc2n3CC)C1=O. The number of allylic oxidation sites excluding steroid dienone is 1. The van der Waals surface area contributed by atoms with Gasteiger partial charge in [0.1, 0.15) is 18.1 Å². The molecule has 36 heavy (non-hydrogen) atoms. The van der Waals surface area contributed by atoms with Gasteiger partial charge in [0, 0.05) is 35.0 Å². The predicted octanol–water partition coefficient (Wildman–Crippen LogP) is 5.27. The van der Waals surface area contributed by atoms with E-state index in [0.29, 0.717) is 29.0 Å². The van der Waals surface area contributed by atoms with E-state index in [1.54, 1.807) is 19.1 Å². The van der Waals surface area contributed by atoms with Crippen LogP contribution in [-0.4, -0.2) is 28.7 Å². The molecule has 0 saturated carbocycles. The number of aryl methyl sites for hydroxylation is 2. The molecule has 1 N–H and O–H groups in total. The summed E-state index contributed by atoms with van der Waals surface area (Å²) in [6, 6.07) is 16.8. The predicted molar refractivity (Wildman–Crippen MR) is 137 cm³/mol. The summed E-state index contributed by atoms with van der Waals surface area (Å²) in [6.45, 7) is 6.46. The van der Waals surface area contributed by atoms with Crippen LogP contribution >= 0.6 is 0 Å². The van der Waals surface area contributed by atoms with E-state index in [1.165, 1.54) is 0 Å². The lowest BCUT2D eigenvalue weighted by atomic mass is 9.97. The summed E-state index contributed by atoms with van der Waals surface area (Å²) in [5, 5.41) is 1.61. The standard InChI is InChI=1S/C29H26N2O5/c1-4-25(32)36-30-22-14-15-35-29-20(28(22)34)11-13-24-26(29)21-16-18(10-12-23(21)31(24)5-2)27(33)19-9-7-6-8-17(19)3/h6-14,16,30H,4-5,15H2,1-3H3. The number of Topliss-reactive ketones (excluding diaryl/α,β-unsaturated/α-hetero) is 1. The first kappa shape index (κ1) is 23.4. The highest BCUT2D eigenvalue weighted by atomic mass is 16.7. The van der Waals surface area contributed by atoms with Gasteiger partial charge in [-0.3, -0.25) is 9.59 Å². The number of hydrogen-bond donors (Lipinski definition) is 1. The van der Waals surface area contributed by atoms with Gasteiger partial charge < -0.3 is 14.1 Å². The molecule has 0 atom stereocenters. The van der Waals surface area contributed by atoms with Crippen LogP contribution in [0.4, 0.5) is 0 Å². The summed E-state index contributed by atoms with van der Waals surface area (Å²) in [6.07, 6.45) is 1.74. The number of hydroxylamine groups is 1. The molecular weight excluding hydrogens is 456 g/mol. The van der Waals surface area contributed by atoms with Gasteiger partial charge in [0.15, 0.2) is 5.78 Å². The van der Waals surface area contributed by atoms with Gasteiger partial charge in [0.2, 0.25) is 5.78 Å². The highest BCUT2D eigenvalue weighted by Gasteiger charge is 2.26. The molecule has 0 aliphatic carbocycles. The second kappa shape index (κ2) is 9.34. The highest BCUT2D eigenvalue weighted by Crippen LogP contribution is 2.40. The van der Waals surface area contributed by atoms with Crippen molar-refractivity contribution in [1.29, 1.82) is 0 Å². The topological polar surface area (TPSA) is 86.6 Å². The first-order valence-corrected chi connectivity index (χ1v) is 12.0. The summed E-state index contributed by atoms with van der Waals surface area (Å²) in [5.74, 6) is -0.415. The van der Waals surface area contributed by atoms with Crippen LogP contribution in [-0.2, 0) is 16.2 Å². The first-order chi connectivity index (χ1) is 17.4. The van der Waals surface area contributed by atoms with Crippen LogP contribution in [0.3, 0.4) is 0 Å². The third-order valence-corrected chi connectivity index (χ3v) is 6.52. The zero-order valence-electron chi connectivity index (χ0n) is 20.4. The van der Waals surface area contributed by atoms with E-state index >= 15 is 0 Å². The smallest absolute Gasteiger partial charge is 0.331 e. The van der Waals surface area contributed by atoms with Crippen LogP contribution in [0, 0.1) is 6.92 Å². The fourth-order valence-electron chi connectivity index (χ4n) is 4.67. The van der Waals surface area contributed by atoms with Crippen molar-refractivity contribution in [3.05, 3.63) is 88.6 Å². The van der Waals surface area contributed by atoms with Gasteiger partial charge in [0.05, 0.1) is 16.5 Å². The monoisotopic (exact) mass is 482 g/mol. The van der Waals surface area contributed by atoms with Crippen molar-refractivity contribution in [2.45, 2.75) is 33.7 Å². The van der Waals surface area contributed by atoms with E-state index in [1.807, 2.05) is 55.5 Å². The largest absolute Gasteiger partial charge is 0.488 e. The lowest BCUT2D eigenvalue weighted by Gasteiger charge is -2.11. The minimum absolute atomic E-state index is 0.0580. The molecule has 7 nitrogen and oxygen atoms in total. The van der Waals surface area contributed by atoms with E-state index in [9.17, 15) is 14.4 Å². The number of nitrogens with one attached hydrogen (secondary N) is 1. The molecule has 1 aromatic heterocycles. The molecule has 5 rings (SSSR count). The maximum atomic E-state index is 13.4. The lowest BCUT2D eigenvalue weighted by molar-refractivity contribution is -0.148. The number of carbonyl (C=O) groups is 3. The fourth-order valence-corrected chi connectivity index (χ4v) is 4.67. The van der Waals surface area contributed by atoms with Crippen LogP contribution in [0.15, 0.2) is 66.4 Å². The molecule has 0 saturated heterocycles. The molecule has 4 aromatic rings. The number of aromatic nitrogens is 1. The van der Waals surface area contributed by atoms with Gasteiger partial charge >= 0.3 is 5.97 Å². The van der Waals surface area contributed by atoms with Gasteiger partial charge in [-0.15, -0.1) is 0 Å². The average molecular weight is 483 g/mol. The Labute approximate surface area is 208 Å². The van der Waals surface area contributed by atoms with Gasteiger partial charge in [-0.2, -0.15) is 0 Å². The van der Waals surface area contributed by atoms with Crippen LogP contribution in [0.2, 0.25) is 0 Å². The number of benzene rings is 3. The highest BCUT2D eigenvalue weighted by molar-refractivity contribution is 6.20. The summed E-state index contributed by atoms with van der Waals surface area (Å²) in [7, 11) is 0. The Balaban J connectivity index is 1.66. The maximum absolute atomic E-state index is 13.4. The van der Waals surface area contributed by atoms with Crippen molar-refractivity contribution in [3.8, 4) is 5.75 Å². The van der Waals surface area contributed by atoms with Crippen LogP contribution < -0.4 is 10.2 Å². The number of hydrogen-bond acceptors (Lipinski definition) is 6. The minimum Gasteiger partial charge on any atom is -0.488 e. The Bertz CT molecular complexity index is 1580. The maximum Gasteiger partial charge on any atom is 0.331 e. The van der Waals surface area contributed by atoms with Crippen molar-refractivity contribution in [1.82, 2.24) is 10.0 Å². The molecule has 0 amide bonds. The van der Waals surface area contributed by atoms with Crippen molar-refractivity contribution >= 4 is 39.3 Å². The van der Waals surface area contributed by atoms with Gasteiger partial charge in [0.25, 0.3) is 0 Å². The Morgan fingerprint density at radius 3 is 2.58 bits per heavy atom. The zero-order chi connectivity index (χ0) is 25.4. The third kappa shape index (κ3) is 3.82. The molecule has 0 unspecified atom stereocenters. The van der Waals surface area contributed by atoms with Crippen molar-refractivity contribution in [2.24, 2.45) is 0 Å². The fraction of sp³-hybridized carbons (Fsp3) is 0.207. The average Bonchev–Trinajstić information content (AvgIpc) is 3.13. The van der Waals surface area contributed by atoms with Crippen LogP contribution in [0.5, 0.6) is 5.75 Å². The van der Waals surface area contributed by atoms with Gasteiger partial charge in [-0.25, -0.2) is 10.3 Å². The Morgan fingerprint density at radius 1 is 1.06 bits per heavy atom. The third-order valence-electron chi connectivity index (χ3n) is 6.52. The van der Waals surface area contributed by atoms with Crippen LogP contribution in [0.1, 0.15) is 52.1 Å². The van der Waals surface area contributed by atoms with Crippen molar-refractivity contribution in [3.63, 3.8) is 0 Å². The molecule has 1 aliphatic heterocycles. The lowest BCUT2D eigenvalue weighted by Crippen LogP contribution is -2.24. The molecule has 0 bridgehead atoms. The van der Waals surface area contributed by atoms with E-state index < -0.39 is 5.97 Å². The summed E-state index contributed by atoms with van der Waals surface area (Å²) >= 11 is 0. The van der Waals surface area contributed by atoms with E-state index in [-0.39, 0.29) is 30.3 Å². The molecule has 7 heteroatoms. The molecule has 0 fully saturated rings. The number of nitrogens with zero attached hydrogens (tertiary/aromatic N) is 1. The second-order valence-electron chi connectivity index (χ2n) is 8.64. The van der Waals surface area contributed by atoms with Crippen LogP contribution in [0.25, 0.3) is 21.8 Å².